The van der Waals surface area contributed by atoms with Crippen LogP contribution in [0.5, 0.6) is 0 Å². The summed E-state index contributed by atoms with van der Waals surface area (Å²) in [7, 11) is -3.83. The third-order valence-electron chi connectivity index (χ3n) is 4.15. The Morgan fingerprint density at radius 2 is 1.95 bits per heavy atom. The van der Waals surface area contributed by atoms with E-state index in [1.165, 1.54) is 18.2 Å². The highest BCUT2D eigenvalue weighted by molar-refractivity contribution is 7.89. The van der Waals surface area contributed by atoms with Crippen LogP contribution in [0.4, 0.5) is 0 Å². The molecule has 1 atom stereocenters. The summed E-state index contributed by atoms with van der Waals surface area (Å²) >= 11 is 0. The van der Waals surface area contributed by atoms with Gasteiger partial charge in [0.15, 0.2) is 0 Å². The van der Waals surface area contributed by atoms with Crippen LogP contribution in [-0.4, -0.2) is 36.9 Å². The average molecular weight is 315 g/mol. The third kappa shape index (κ3) is 2.72. The van der Waals surface area contributed by atoms with Crippen molar-refractivity contribution in [2.24, 2.45) is 11.8 Å². The van der Waals surface area contributed by atoms with E-state index in [0.29, 0.717) is 24.9 Å². The topological polar surface area (TPSA) is 87.8 Å². The molecule has 1 N–H and O–H groups in total. The summed E-state index contributed by atoms with van der Waals surface area (Å²) in [6, 6.07) is 0. The molecule has 0 radical (unpaired) electrons. The predicted molar refractivity (Wildman–Crippen MR) is 76.8 cm³/mol. The summed E-state index contributed by atoms with van der Waals surface area (Å²) in [6.45, 7) is 7.95. The van der Waals surface area contributed by atoms with Crippen LogP contribution >= 0.6 is 0 Å². The molecule has 0 spiro atoms. The molecule has 1 saturated heterocycles. The van der Waals surface area contributed by atoms with Gasteiger partial charge in [0.25, 0.3) is 0 Å². The Hall–Kier alpha value is -1.34. The van der Waals surface area contributed by atoms with Crippen LogP contribution in [-0.2, 0) is 10.0 Å². The second kappa shape index (κ2) is 5.46. The number of carbonyl (C=O) groups is 1. The number of furan rings is 1. The standard InChI is InChI=1S/C14H21NO5S/c1-8(2)11-5-6-15(7-11)21(18,19)13-10(4)20-9(3)12(13)14(16)17/h8,11H,5-7H2,1-4H3,(H,16,17). The number of hydrogen-bond donors (Lipinski definition) is 1. The highest BCUT2D eigenvalue weighted by Crippen LogP contribution is 2.33. The molecule has 1 aromatic rings. The van der Waals surface area contributed by atoms with Crippen molar-refractivity contribution in [1.82, 2.24) is 4.31 Å². The van der Waals surface area contributed by atoms with E-state index in [9.17, 15) is 18.3 Å². The lowest BCUT2D eigenvalue weighted by Crippen LogP contribution is -2.30. The predicted octanol–water partition coefficient (Wildman–Crippen LogP) is 2.26. The Morgan fingerprint density at radius 3 is 2.43 bits per heavy atom. The molecule has 2 heterocycles. The Morgan fingerprint density at radius 1 is 1.33 bits per heavy atom. The van der Waals surface area contributed by atoms with Gasteiger partial charge in [-0.1, -0.05) is 13.8 Å². The number of carboxylic acid groups (broad SMARTS) is 1. The number of aryl methyl sites for hydroxylation is 2. The summed E-state index contributed by atoms with van der Waals surface area (Å²) in [4.78, 5) is 11.1. The van der Waals surface area contributed by atoms with Crippen LogP contribution < -0.4 is 0 Å². The van der Waals surface area contributed by atoms with Crippen molar-refractivity contribution in [2.45, 2.75) is 39.0 Å². The highest BCUT2D eigenvalue weighted by Gasteiger charge is 2.39. The number of rotatable bonds is 4. The second-order valence-corrected chi connectivity index (χ2v) is 7.75. The minimum absolute atomic E-state index is 0.123. The van der Waals surface area contributed by atoms with Crippen LogP contribution in [0.2, 0.25) is 0 Å². The van der Waals surface area contributed by atoms with Crippen molar-refractivity contribution in [3.63, 3.8) is 0 Å². The number of nitrogens with zero attached hydrogens (tertiary/aromatic N) is 1. The Kier molecular flexibility index (Phi) is 4.17. The van der Waals surface area contributed by atoms with E-state index in [2.05, 4.69) is 13.8 Å². The minimum Gasteiger partial charge on any atom is -0.478 e. The van der Waals surface area contributed by atoms with Crippen molar-refractivity contribution >= 4 is 16.0 Å². The summed E-state index contributed by atoms with van der Waals surface area (Å²) in [6.07, 6.45) is 0.801. The number of aromatic carboxylic acids is 1. The van der Waals surface area contributed by atoms with Gasteiger partial charge in [-0.25, -0.2) is 13.2 Å². The Bertz CT molecular complexity index is 659. The first-order chi connectivity index (χ1) is 9.66. The molecule has 0 saturated carbocycles. The zero-order valence-electron chi connectivity index (χ0n) is 12.7. The summed E-state index contributed by atoms with van der Waals surface area (Å²) < 4.78 is 32.1. The van der Waals surface area contributed by atoms with Crippen molar-refractivity contribution in [3.05, 3.63) is 17.1 Å². The fourth-order valence-electron chi connectivity index (χ4n) is 2.87. The maximum Gasteiger partial charge on any atom is 0.340 e. The van der Waals surface area contributed by atoms with Crippen LogP contribution in [0.1, 0.15) is 42.1 Å². The van der Waals surface area contributed by atoms with Gasteiger partial charge in [0.05, 0.1) is 0 Å². The maximum absolute atomic E-state index is 12.8. The smallest absolute Gasteiger partial charge is 0.340 e. The number of carboxylic acids is 1. The molecule has 118 valence electrons. The lowest BCUT2D eigenvalue weighted by atomic mass is 9.96. The monoisotopic (exact) mass is 315 g/mol. The quantitative estimate of drug-likeness (QED) is 0.920. The molecule has 2 rings (SSSR count). The van der Waals surface area contributed by atoms with Crippen molar-refractivity contribution in [2.75, 3.05) is 13.1 Å². The summed E-state index contributed by atoms with van der Waals surface area (Å²) in [5.74, 6) is -0.309. The van der Waals surface area contributed by atoms with Gasteiger partial charge < -0.3 is 9.52 Å². The molecule has 0 amide bonds. The van der Waals surface area contributed by atoms with Crippen LogP contribution in [0.25, 0.3) is 0 Å². The molecule has 0 aromatic carbocycles. The third-order valence-corrected chi connectivity index (χ3v) is 6.17. The average Bonchev–Trinajstić information content (AvgIpc) is 2.93. The molecule has 21 heavy (non-hydrogen) atoms. The Balaban J connectivity index is 2.44. The largest absolute Gasteiger partial charge is 0.478 e. The van der Waals surface area contributed by atoms with Gasteiger partial charge in [-0.05, 0) is 32.1 Å². The minimum atomic E-state index is -3.83. The number of hydrogen-bond acceptors (Lipinski definition) is 4. The fraction of sp³-hybridized carbons (Fsp3) is 0.643. The molecule has 0 aliphatic carbocycles. The Labute approximate surface area is 124 Å². The lowest BCUT2D eigenvalue weighted by Gasteiger charge is -2.18. The molecule has 1 aromatic heterocycles. The summed E-state index contributed by atoms with van der Waals surface area (Å²) in [5.41, 5.74) is -0.250. The molecule has 1 fully saturated rings. The van der Waals surface area contributed by atoms with E-state index in [0.717, 1.165) is 6.42 Å². The highest BCUT2D eigenvalue weighted by atomic mass is 32.2. The molecule has 1 aliphatic rings. The number of sulfonamides is 1. The van der Waals surface area contributed by atoms with Gasteiger partial charge in [-0.2, -0.15) is 4.31 Å². The maximum atomic E-state index is 12.8. The normalized spacial score (nSPS) is 20.3. The zero-order valence-corrected chi connectivity index (χ0v) is 13.5. The van der Waals surface area contributed by atoms with E-state index >= 15 is 0 Å². The molecular weight excluding hydrogens is 294 g/mol. The molecule has 6 nitrogen and oxygen atoms in total. The zero-order chi connectivity index (χ0) is 15.9. The van der Waals surface area contributed by atoms with Gasteiger partial charge in [-0.15, -0.1) is 0 Å². The molecular formula is C14H21NO5S. The lowest BCUT2D eigenvalue weighted by molar-refractivity contribution is 0.0691. The SMILES string of the molecule is Cc1oc(C)c(S(=O)(=O)N2CCC(C(C)C)C2)c1C(=O)O. The van der Waals surface area contributed by atoms with Crippen LogP contribution in [0.3, 0.4) is 0 Å². The molecule has 1 aliphatic heterocycles. The van der Waals surface area contributed by atoms with Gasteiger partial charge in [0.1, 0.15) is 22.0 Å². The van der Waals surface area contributed by atoms with Crippen LogP contribution in [0, 0.1) is 25.7 Å². The van der Waals surface area contributed by atoms with E-state index in [-0.39, 0.29) is 22.0 Å². The van der Waals surface area contributed by atoms with Gasteiger partial charge in [0, 0.05) is 13.1 Å². The van der Waals surface area contributed by atoms with Gasteiger partial charge >= 0.3 is 5.97 Å². The van der Waals surface area contributed by atoms with Gasteiger partial charge in [-0.3, -0.25) is 0 Å². The fourth-order valence-corrected chi connectivity index (χ4v) is 4.75. The van der Waals surface area contributed by atoms with Crippen molar-refractivity contribution in [3.8, 4) is 0 Å². The van der Waals surface area contributed by atoms with E-state index in [4.69, 9.17) is 4.42 Å². The van der Waals surface area contributed by atoms with Crippen molar-refractivity contribution in [1.29, 1.82) is 0 Å². The van der Waals surface area contributed by atoms with Crippen molar-refractivity contribution < 1.29 is 22.7 Å². The first-order valence-corrected chi connectivity index (χ1v) is 8.43. The first kappa shape index (κ1) is 16.0. The summed E-state index contributed by atoms with van der Waals surface area (Å²) in [5, 5.41) is 9.26. The van der Waals surface area contributed by atoms with Gasteiger partial charge in [0.2, 0.25) is 10.0 Å². The molecule has 7 heteroatoms. The van der Waals surface area contributed by atoms with E-state index < -0.39 is 16.0 Å². The van der Waals surface area contributed by atoms with Crippen LogP contribution in [0.15, 0.2) is 9.31 Å². The molecule has 1 unspecified atom stereocenters. The van der Waals surface area contributed by atoms with E-state index in [1.807, 2.05) is 0 Å². The second-order valence-electron chi connectivity index (χ2n) is 5.88. The van der Waals surface area contributed by atoms with E-state index in [1.54, 1.807) is 0 Å². The molecule has 0 bridgehead atoms. The first-order valence-electron chi connectivity index (χ1n) is 6.99.